The van der Waals surface area contributed by atoms with Crippen molar-refractivity contribution < 1.29 is 9.21 Å². The number of fused-ring (bicyclic) bond motifs is 1. The first-order valence-corrected chi connectivity index (χ1v) is 7.57. The Bertz CT molecular complexity index is 1130. The zero-order chi connectivity index (χ0) is 17.4. The van der Waals surface area contributed by atoms with Crippen LogP contribution in [0.15, 0.2) is 64.4 Å². The summed E-state index contributed by atoms with van der Waals surface area (Å²) in [5.74, 6) is -0.475. The van der Waals surface area contributed by atoms with E-state index in [-0.39, 0.29) is 11.1 Å². The maximum atomic E-state index is 12.5. The largest absolute Gasteiger partial charge is 0.459 e. The van der Waals surface area contributed by atoms with Gasteiger partial charge in [0.25, 0.3) is 5.56 Å². The van der Waals surface area contributed by atoms with Crippen LogP contribution >= 0.6 is 11.6 Å². The average molecular weight is 356 g/mol. The third kappa shape index (κ3) is 2.68. The molecule has 1 aromatic carbocycles. The molecule has 0 bridgehead atoms. The van der Waals surface area contributed by atoms with E-state index in [0.717, 1.165) is 4.68 Å². The maximum absolute atomic E-state index is 12.5. The molecule has 0 aliphatic carbocycles. The number of rotatable bonds is 3. The molecule has 1 N–H and O–H groups in total. The molecule has 3 heterocycles. The summed E-state index contributed by atoms with van der Waals surface area (Å²) in [4.78, 5) is 28.8. The summed E-state index contributed by atoms with van der Waals surface area (Å²) in [5, 5.41) is 4.98. The number of halogens is 1. The Morgan fingerprint density at radius 3 is 2.88 bits per heavy atom. The van der Waals surface area contributed by atoms with Gasteiger partial charge in [-0.05, 0) is 30.3 Å². The van der Waals surface area contributed by atoms with Gasteiger partial charge in [0.1, 0.15) is 11.7 Å². The average Bonchev–Trinajstić information content (AvgIpc) is 3.27. The number of carbonyl (C=O) groups is 1. The number of hydrogen-bond donors (Lipinski definition) is 1. The first kappa shape index (κ1) is 15.2. The summed E-state index contributed by atoms with van der Waals surface area (Å²) < 4.78 is 7.48. The van der Waals surface area contributed by atoms with Crippen LogP contribution in [0.5, 0.6) is 0 Å². The first-order chi connectivity index (χ1) is 12.1. The van der Waals surface area contributed by atoms with Crippen molar-refractivity contribution in [3.8, 4) is 5.69 Å². The van der Waals surface area contributed by atoms with Gasteiger partial charge in [-0.2, -0.15) is 5.10 Å². The van der Waals surface area contributed by atoms with Gasteiger partial charge in [-0.1, -0.05) is 17.7 Å². The van der Waals surface area contributed by atoms with Gasteiger partial charge in [0.2, 0.25) is 0 Å². The minimum absolute atomic E-state index is 0.0848. The zero-order valence-electron chi connectivity index (χ0n) is 12.6. The van der Waals surface area contributed by atoms with Gasteiger partial charge in [0.05, 0.1) is 18.1 Å². The highest BCUT2D eigenvalue weighted by molar-refractivity contribution is 6.30. The summed E-state index contributed by atoms with van der Waals surface area (Å²) >= 11 is 5.99. The van der Waals surface area contributed by atoms with Crippen LogP contribution in [0.2, 0.25) is 5.02 Å². The van der Waals surface area contributed by atoms with Crippen LogP contribution < -0.4 is 11.0 Å². The van der Waals surface area contributed by atoms with Gasteiger partial charge in [0.15, 0.2) is 11.4 Å². The molecular formula is C16H10ClN5O3. The Kier molecular flexibility index (Phi) is 3.58. The molecule has 0 aliphatic rings. The minimum Gasteiger partial charge on any atom is -0.459 e. The van der Waals surface area contributed by atoms with E-state index in [4.69, 9.17) is 16.0 Å². The quantitative estimate of drug-likeness (QED) is 0.608. The summed E-state index contributed by atoms with van der Waals surface area (Å²) in [6, 6.07) is 10.1. The third-order valence-corrected chi connectivity index (χ3v) is 3.74. The van der Waals surface area contributed by atoms with Crippen molar-refractivity contribution in [3.05, 3.63) is 76.3 Å². The number of amides is 1. The summed E-state index contributed by atoms with van der Waals surface area (Å²) in [7, 11) is 0. The predicted octanol–water partition coefficient (Wildman–Crippen LogP) is 2.21. The Balaban J connectivity index is 1.75. The van der Waals surface area contributed by atoms with Crippen molar-refractivity contribution in [3.63, 3.8) is 0 Å². The second kappa shape index (κ2) is 5.91. The highest BCUT2D eigenvalue weighted by Crippen LogP contribution is 2.17. The molecule has 124 valence electrons. The fourth-order valence-corrected chi connectivity index (χ4v) is 2.54. The van der Waals surface area contributed by atoms with Crippen LogP contribution in [0.1, 0.15) is 10.6 Å². The lowest BCUT2D eigenvalue weighted by molar-refractivity contribution is 0.0980. The van der Waals surface area contributed by atoms with Crippen LogP contribution in [-0.2, 0) is 0 Å². The Morgan fingerprint density at radius 2 is 2.12 bits per heavy atom. The highest BCUT2D eigenvalue weighted by Gasteiger charge is 2.14. The first-order valence-electron chi connectivity index (χ1n) is 7.20. The molecule has 8 nitrogen and oxygen atoms in total. The second-order valence-electron chi connectivity index (χ2n) is 5.11. The molecule has 0 saturated heterocycles. The fourth-order valence-electron chi connectivity index (χ4n) is 2.36. The molecule has 0 atom stereocenters. The topological polar surface area (TPSA) is 95.0 Å². The number of nitrogens with one attached hydrogen (secondary N) is 1. The van der Waals surface area contributed by atoms with Crippen molar-refractivity contribution in [1.82, 2.24) is 19.4 Å². The number of nitrogens with zero attached hydrogens (tertiary/aromatic N) is 4. The molecule has 0 spiro atoms. The molecule has 4 aromatic rings. The van der Waals surface area contributed by atoms with Gasteiger partial charge in [-0.15, -0.1) is 0 Å². The molecule has 0 saturated carbocycles. The summed E-state index contributed by atoms with van der Waals surface area (Å²) in [6.07, 6.45) is 3.98. The van der Waals surface area contributed by atoms with Crippen molar-refractivity contribution in [2.45, 2.75) is 0 Å². The van der Waals surface area contributed by atoms with Crippen LogP contribution in [0, 0.1) is 0 Å². The number of hydrogen-bond acceptors (Lipinski definition) is 5. The van der Waals surface area contributed by atoms with Crippen LogP contribution in [0.25, 0.3) is 16.7 Å². The zero-order valence-corrected chi connectivity index (χ0v) is 13.3. The van der Waals surface area contributed by atoms with E-state index in [1.54, 1.807) is 30.3 Å². The Labute approximate surface area is 145 Å². The van der Waals surface area contributed by atoms with E-state index in [1.165, 1.54) is 29.5 Å². The molecule has 3 aromatic heterocycles. The van der Waals surface area contributed by atoms with Gasteiger partial charge in [0, 0.05) is 5.02 Å². The van der Waals surface area contributed by atoms with E-state index in [1.807, 2.05) is 0 Å². The predicted molar refractivity (Wildman–Crippen MR) is 90.5 cm³/mol. The number of carbonyl (C=O) groups excluding carboxylic acids is 1. The van der Waals surface area contributed by atoms with E-state index < -0.39 is 11.5 Å². The lowest BCUT2D eigenvalue weighted by atomic mass is 10.3. The molecule has 9 heteroatoms. The smallest absolute Gasteiger partial charge is 0.305 e. The SMILES string of the molecule is O=C(Nn1cnc2c(cnn2-c2cccc(Cl)c2)c1=O)c1ccco1. The summed E-state index contributed by atoms with van der Waals surface area (Å²) in [6.45, 7) is 0. The fraction of sp³-hybridized carbons (Fsp3) is 0. The van der Waals surface area contributed by atoms with Crippen LogP contribution in [0.4, 0.5) is 0 Å². The van der Waals surface area contributed by atoms with Crippen LogP contribution in [0.3, 0.4) is 0 Å². The van der Waals surface area contributed by atoms with Gasteiger partial charge >= 0.3 is 5.91 Å². The van der Waals surface area contributed by atoms with Crippen molar-refractivity contribution in [2.24, 2.45) is 0 Å². The number of benzene rings is 1. The van der Waals surface area contributed by atoms with E-state index >= 15 is 0 Å². The lowest BCUT2D eigenvalue weighted by Gasteiger charge is -2.07. The molecule has 0 fully saturated rings. The molecule has 25 heavy (non-hydrogen) atoms. The van der Waals surface area contributed by atoms with E-state index in [2.05, 4.69) is 15.5 Å². The standard InChI is InChI=1S/C16H10ClN5O3/c17-10-3-1-4-11(7-10)22-14-12(8-19-22)16(24)21(9-18-14)20-15(23)13-5-2-6-25-13/h1-9H,(H,20,23). The Hall–Kier alpha value is -3.39. The normalized spacial score (nSPS) is 10.9. The van der Waals surface area contributed by atoms with Crippen molar-refractivity contribution >= 4 is 28.5 Å². The minimum atomic E-state index is -0.560. The number of furan rings is 1. The van der Waals surface area contributed by atoms with Gasteiger partial charge in [-0.25, -0.2) is 14.3 Å². The van der Waals surface area contributed by atoms with Crippen LogP contribution in [-0.4, -0.2) is 25.3 Å². The molecule has 0 aliphatic heterocycles. The Morgan fingerprint density at radius 1 is 1.24 bits per heavy atom. The van der Waals surface area contributed by atoms with E-state index in [9.17, 15) is 9.59 Å². The van der Waals surface area contributed by atoms with E-state index in [0.29, 0.717) is 16.4 Å². The summed E-state index contributed by atoms with van der Waals surface area (Å²) in [5.41, 5.74) is 2.98. The molecule has 0 unspecified atom stereocenters. The van der Waals surface area contributed by atoms with Crippen molar-refractivity contribution in [1.29, 1.82) is 0 Å². The van der Waals surface area contributed by atoms with Gasteiger partial charge < -0.3 is 4.42 Å². The molecule has 1 amide bonds. The monoisotopic (exact) mass is 355 g/mol. The van der Waals surface area contributed by atoms with Crippen molar-refractivity contribution in [2.75, 3.05) is 5.43 Å². The third-order valence-electron chi connectivity index (χ3n) is 3.51. The molecule has 0 radical (unpaired) electrons. The van der Waals surface area contributed by atoms with Gasteiger partial charge in [-0.3, -0.25) is 15.0 Å². The number of aromatic nitrogens is 4. The molecule has 4 rings (SSSR count). The maximum Gasteiger partial charge on any atom is 0.305 e. The second-order valence-corrected chi connectivity index (χ2v) is 5.55. The highest BCUT2D eigenvalue weighted by atomic mass is 35.5. The lowest BCUT2D eigenvalue weighted by Crippen LogP contribution is -2.33. The molecular weight excluding hydrogens is 346 g/mol.